The molecule has 4 heterocycles. The first-order valence-electron chi connectivity index (χ1n) is 9.98. The fraction of sp³-hybridized carbons (Fsp3) is 0.318. The van der Waals surface area contributed by atoms with E-state index in [0.717, 1.165) is 28.1 Å². The first-order chi connectivity index (χ1) is 14.8. The summed E-state index contributed by atoms with van der Waals surface area (Å²) in [5.74, 6) is -0.378. The number of hydrogen-bond acceptors (Lipinski definition) is 6. The number of rotatable bonds is 5. The van der Waals surface area contributed by atoms with E-state index in [1.807, 2.05) is 20.0 Å². The topological polar surface area (TPSA) is 108 Å². The van der Waals surface area contributed by atoms with Crippen LogP contribution >= 0.6 is 11.3 Å². The van der Waals surface area contributed by atoms with E-state index in [9.17, 15) is 14.4 Å². The Hall–Kier alpha value is -3.33. The molecular weight excluding hydrogens is 414 g/mol. The van der Waals surface area contributed by atoms with Crippen molar-refractivity contribution in [2.75, 3.05) is 6.54 Å². The maximum Gasteiger partial charge on any atom is 0.274 e. The number of pyridine rings is 1. The number of nitrogens with one attached hydrogen (secondary N) is 2. The minimum Gasteiger partial charge on any atom is -0.348 e. The van der Waals surface area contributed by atoms with Gasteiger partial charge < -0.3 is 10.2 Å². The number of fused-ring (bicyclic) bond motifs is 1. The van der Waals surface area contributed by atoms with E-state index in [-0.39, 0.29) is 17.6 Å². The minimum absolute atomic E-state index is 0.0506. The quantitative estimate of drug-likeness (QED) is 0.597. The Balaban J connectivity index is 1.48. The lowest BCUT2D eigenvalue weighted by Crippen LogP contribution is -2.37. The van der Waals surface area contributed by atoms with Crippen LogP contribution in [0.3, 0.4) is 0 Å². The van der Waals surface area contributed by atoms with Crippen molar-refractivity contribution in [2.45, 2.75) is 40.3 Å². The molecule has 0 radical (unpaired) electrons. The van der Waals surface area contributed by atoms with Gasteiger partial charge in [-0.3, -0.25) is 24.5 Å². The molecule has 160 valence electrons. The fourth-order valence-corrected chi connectivity index (χ4v) is 4.52. The van der Waals surface area contributed by atoms with E-state index >= 15 is 0 Å². The molecule has 3 aromatic rings. The number of ketones is 1. The number of carbonyl (C=O) groups excluding carboxylic acids is 3. The van der Waals surface area contributed by atoms with Crippen molar-refractivity contribution in [1.82, 2.24) is 25.4 Å². The standard InChI is InChI=1S/C22H23N5O3S/c1-12-6-19(26-25-12)22(30)27-5-4-17-16(10-27)8-23-13(2)18(17)9-24-21(29)15-7-20(14(3)28)31-11-15/h6-8,11H,4-5,9-10H2,1-3H3,(H,24,29)(H,25,26). The Morgan fingerprint density at radius 3 is 2.74 bits per heavy atom. The molecule has 0 saturated heterocycles. The Morgan fingerprint density at radius 1 is 1.26 bits per heavy atom. The Labute approximate surface area is 183 Å². The molecule has 0 aliphatic carbocycles. The normalized spacial score (nSPS) is 13.1. The molecule has 2 N–H and O–H groups in total. The summed E-state index contributed by atoms with van der Waals surface area (Å²) in [7, 11) is 0. The number of hydrogen-bond donors (Lipinski definition) is 2. The first-order valence-corrected chi connectivity index (χ1v) is 10.9. The number of nitrogens with zero attached hydrogens (tertiary/aromatic N) is 3. The maximum absolute atomic E-state index is 12.7. The Kier molecular flexibility index (Phi) is 5.69. The van der Waals surface area contributed by atoms with E-state index in [0.29, 0.717) is 42.2 Å². The van der Waals surface area contributed by atoms with Gasteiger partial charge in [0.25, 0.3) is 11.8 Å². The molecule has 3 aromatic heterocycles. The maximum atomic E-state index is 12.7. The molecule has 0 bridgehead atoms. The van der Waals surface area contributed by atoms with Crippen molar-refractivity contribution >= 4 is 28.9 Å². The molecule has 31 heavy (non-hydrogen) atoms. The summed E-state index contributed by atoms with van der Waals surface area (Å²) < 4.78 is 0. The van der Waals surface area contributed by atoms with Crippen LogP contribution in [0.5, 0.6) is 0 Å². The number of aryl methyl sites for hydroxylation is 2. The number of Topliss-reactive ketones (excluding diaryl/α,β-unsaturated/α-hetero) is 1. The molecule has 8 nitrogen and oxygen atoms in total. The van der Waals surface area contributed by atoms with Crippen LogP contribution in [0.2, 0.25) is 0 Å². The van der Waals surface area contributed by atoms with Crippen LogP contribution in [-0.4, -0.2) is 44.2 Å². The lowest BCUT2D eigenvalue weighted by Gasteiger charge is -2.30. The lowest BCUT2D eigenvalue weighted by molar-refractivity contribution is 0.0728. The van der Waals surface area contributed by atoms with E-state index < -0.39 is 0 Å². The summed E-state index contributed by atoms with van der Waals surface area (Å²) in [4.78, 5) is 43.6. The number of thiophene rings is 1. The highest BCUT2D eigenvalue weighted by atomic mass is 32.1. The second kappa shape index (κ2) is 8.43. The average molecular weight is 438 g/mol. The number of carbonyl (C=O) groups is 3. The molecule has 0 spiro atoms. The number of amides is 2. The summed E-state index contributed by atoms with van der Waals surface area (Å²) in [6.45, 7) is 6.65. The van der Waals surface area contributed by atoms with Crippen LogP contribution in [0, 0.1) is 13.8 Å². The highest BCUT2D eigenvalue weighted by molar-refractivity contribution is 7.12. The third-order valence-corrected chi connectivity index (χ3v) is 6.47. The summed E-state index contributed by atoms with van der Waals surface area (Å²) in [5, 5.41) is 11.5. The second-order valence-electron chi connectivity index (χ2n) is 7.68. The van der Waals surface area contributed by atoms with Crippen LogP contribution in [0.25, 0.3) is 0 Å². The first kappa shape index (κ1) is 20.9. The Bertz CT molecular complexity index is 1180. The van der Waals surface area contributed by atoms with Gasteiger partial charge in [0, 0.05) is 42.6 Å². The number of aromatic nitrogens is 3. The number of aromatic amines is 1. The molecule has 0 saturated carbocycles. The van der Waals surface area contributed by atoms with Crippen LogP contribution in [0.4, 0.5) is 0 Å². The van der Waals surface area contributed by atoms with Crippen molar-refractivity contribution < 1.29 is 14.4 Å². The van der Waals surface area contributed by atoms with Crippen molar-refractivity contribution in [2.24, 2.45) is 0 Å². The fourth-order valence-electron chi connectivity index (χ4n) is 3.73. The van der Waals surface area contributed by atoms with Crippen LogP contribution in [0.1, 0.15) is 65.5 Å². The van der Waals surface area contributed by atoms with Crippen LogP contribution < -0.4 is 5.32 Å². The molecule has 2 amide bonds. The highest BCUT2D eigenvalue weighted by Crippen LogP contribution is 2.25. The average Bonchev–Trinajstić information content (AvgIpc) is 3.41. The van der Waals surface area contributed by atoms with Crippen molar-refractivity contribution in [3.8, 4) is 0 Å². The lowest BCUT2D eigenvalue weighted by atomic mass is 9.94. The zero-order valence-electron chi connectivity index (χ0n) is 17.6. The zero-order chi connectivity index (χ0) is 22.1. The van der Waals surface area contributed by atoms with Gasteiger partial charge in [-0.2, -0.15) is 5.10 Å². The second-order valence-corrected chi connectivity index (χ2v) is 8.59. The SMILES string of the molecule is CC(=O)c1cc(C(=O)NCc2c(C)ncc3c2CCN(C(=O)c2cc(C)[nH]n2)C3)cs1. The van der Waals surface area contributed by atoms with Gasteiger partial charge in [-0.15, -0.1) is 11.3 Å². The third kappa shape index (κ3) is 4.27. The van der Waals surface area contributed by atoms with Gasteiger partial charge in [-0.05, 0) is 56.0 Å². The van der Waals surface area contributed by atoms with Gasteiger partial charge in [-0.25, -0.2) is 0 Å². The molecule has 1 aliphatic rings. The summed E-state index contributed by atoms with van der Waals surface area (Å²) in [6, 6.07) is 3.36. The molecule has 0 atom stereocenters. The monoisotopic (exact) mass is 437 g/mol. The van der Waals surface area contributed by atoms with E-state index in [1.54, 1.807) is 22.4 Å². The molecule has 1 aliphatic heterocycles. The van der Waals surface area contributed by atoms with Crippen molar-refractivity contribution in [3.63, 3.8) is 0 Å². The minimum atomic E-state index is -0.220. The molecule has 9 heteroatoms. The molecule has 0 fully saturated rings. The largest absolute Gasteiger partial charge is 0.348 e. The highest BCUT2D eigenvalue weighted by Gasteiger charge is 2.26. The predicted molar refractivity (Wildman–Crippen MR) is 116 cm³/mol. The van der Waals surface area contributed by atoms with Gasteiger partial charge in [0.15, 0.2) is 5.78 Å². The van der Waals surface area contributed by atoms with Gasteiger partial charge >= 0.3 is 0 Å². The van der Waals surface area contributed by atoms with Crippen molar-refractivity contribution in [3.05, 3.63) is 67.9 Å². The van der Waals surface area contributed by atoms with Crippen LogP contribution in [-0.2, 0) is 19.5 Å². The summed E-state index contributed by atoms with van der Waals surface area (Å²) in [6.07, 6.45) is 2.50. The molecule has 0 aromatic carbocycles. The predicted octanol–water partition coefficient (Wildman–Crippen LogP) is 2.81. The van der Waals surface area contributed by atoms with E-state index in [2.05, 4.69) is 20.5 Å². The van der Waals surface area contributed by atoms with E-state index in [1.165, 1.54) is 18.3 Å². The van der Waals surface area contributed by atoms with Crippen molar-refractivity contribution in [1.29, 1.82) is 0 Å². The van der Waals surface area contributed by atoms with Gasteiger partial charge in [0.1, 0.15) is 5.69 Å². The van der Waals surface area contributed by atoms with Crippen LogP contribution in [0.15, 0.2) is 23.7 Å². The van der Waals surface area contributed by atoms with Gasteiger partial charge in [0.05, 0.1) is 10.4 Å². The smallest absolute Gasteiger partial charge is 0.274 e. The molecule has 4 rings (SSSR count). The molecule has 0 unspecified atom stereocenters. The summed E-state index contributed by atoms with van der Waals surface area (Å²) in [5.41, 5.74) is 5.69. The van der Waals surface area contributed by atoms with E-state index in [4.69, 9.17) is 0 Å². The summed E-state index contributed by atoms with van der Waals surface area (Å²) >= 11 is 1.27. The zero-order valence-corrected chi connectivity index (χ0v) is 18.4. The molecular formula is C22H23N5O3S. The van der Waals surface area contributed by atoms with Gasteiger partial charge in [0.2, 0.25) is 0 Å². The number of H-pyrrole nitrogens is 1. The van der Waals surface area contributed by atoms with Gasteiger partial charge in [-0.1, -0.05) is 0 Å². The Morgan fingerprint density at radius 2 is 2.06 bits per heavy atom. The third-order valence-electron chi connectivity index (χ3n) is 5.44.